The third kappa shape index (κ3) is 3.13. The summed E-state index contributed by atoms with van der Waals surface area (Å²) in [6.07, 6.45) is 3.00. The summed E-state index contributed by atoms with van der Waals surface area (Å²) in [7, 11) is -3.72. The number of aromatic nitrogens is 3. The molecule has 0 saturated carbocycles. The van der Waals surface area contributed by atoms with Crippen molar-refractivity contribution in [3.63, 3.8) is 0 Å². The van der Waals surface area contributed by atoms with Crippen LogP contribution >= 0.6 is 0 Å². The van der Waals surface area contributed by atoms with Gasteiger partial charge in [-0.3, -0.25) is 0 Å². The first-order chi connectivity index (χ1) is 10.9. The highest BCUT2D eigenvalue weighted by Gasteiger charge is 2.20. The predicted octanol–water partition coefficient (Wildman–Crippen LogP) is 1.85. The maximum atomic E-state index is 13.7. The monoisotopic (exact) mass is 338 g/mol. The topological polar surface area (TPSA) is 76.9 Å². The van der Waals surface area contributed by atoms with Crippen molar-refractivity contribution in [1.29, 1.82) is 0 Å². The van der Waals surface area contributed by atoms with Crippen molar-refractivity contribution >= 4 is 10.0 Å². The number of fused-ring (bicyclic) bond motifs is 1. The molecule has 1 aromatic heterocycles. The lowest BCUT2D eigenvalue weighted by atomic mass is 10.1. The molecule has 0 atom stereocenters. The van der Waals surface area contributed by atoms with Gasteiger partial charge in [-0.1, -0.05) is 0 Å². The predicted molar refractivity (Wildman–Crippen MR) is 82.9 cm³/mol. The van der Waals surface area contributed by atoms with E-state index in [1.54, 1.807) is 13.8 Å². The third-order valence-corrected chi connectivity index (χ3v) is 5.46. The molecule has 1 aromatic carbocycles. The summed E-state index contributed by atoms with van der Waals surface area (Å²) in [5.74, 6) is 1.13. The van der Waals surface area contributed by atoms with Crippen LogP contribution in [0.1, 0.15) is 35.6 Å². The summed E-state index contributed by atoms with van der Waals surface area (Å²) in [6, 6.07) is 2.67. The van der Waals surface area contributed by atoms with Crippen molar-refractivity contribution in [3.8, 4) is 0 Å². The second-order valence-electron chi connectivity index (χ2n) is 5.84. The molecular formula is C15H19FN4O2S. The number of hydrogen-bond acceptors (Lipinski definition) is 4. The largest absolute Gasteiger partial charge is 0.314 e. The Kier molecular flexibility index (Phi) is 4.20. The number of hydrogen-bond donors (Lipinski definition) is 1. The Morgan fingerprint density at radius 3 is 2.61 bits per heavy atom. The van der Waals surface area contributed by atoms with Gasteiger partial charge in [0.15, 0.2) is 0 Å². The summed E-state index contributed by atoms with van der Waals surface area (Å²) >= 11 is 0. The van der Waals surface area contributed by atoms with Crippen molar-refractivity contribution in [1.82, 2.24) is 19.5 Å². The van der Waals surface area contributed by atoms with E-state index in [2.05, 4.69) is 14.9 Å². The molecule has 0 aliphatic carbocycles. The van der Waals surface area contributed by atoms with Gasteiger partial charge in [0.05, 0.1) is 11.4 Å². The molecule has 124 valence electrons. The van der Waals surface area contributed by atoms with E-state index in [-0.39, 0.29) is 17.3 Å². The second kappa shape index (κ2) is 6.01. The fourth-order valence-electron chi connectivity index (χ4n) is 2.80. The molecule has 0 fully saturated rings. The van der Waals surface area contributed by atoms with Crippen LogP contribution in [-0.2, 0) is 29.5 Å². The lowest BCUT2D eigenvalue weighted by molar-refractivity contribution is 0.503. The highest BCUT2D eigenvalue weighted by atomic mass is 32.2. The summed E-state index contributed by atoms with van der Waals surface area (Å²) in [6.45, 7) is 3.99. The van der Waals surface area contributed by atoms with E-state index >= 15 is 0 Å². The van der Waals surface area contributed by atoms with Gasteiger partial charge in [0.1, 0.15) is 17.5 Å². The molecule has 0 spiro atoms. The number of rotatable bonds is 4. The maximum Gasteiger partial charge on any atom is 0.240 e. The van der Waals surface area contributed by atoms with Gasteiger partial charge in [0.2, 0.25) is 10.0 Å². The molecule has 2 aromatic rings. The van der Waals surface area contributed by atoms with Crippen LogP contribution in [0.15, 0.2) is 17.0 Å². The summed E-state index contributed by atoms with van der Waals surface area (Å²) in [5, 5.41) is 8.17. The third-order valence-electron chi connectivity index (χ3n) is 4.08. The Morgan fingerprint density at radius 2 is 1.91 bits per heavy atom. The van der Waals surface area contributed by atoms with Crippen molar-refractivity contribution in [2.45, 2.75) is 51.1 Å². The number of benzene rings is 1. The fraction of sp³-hybridized carbons (Fsp3) is 0.467. The quantitative estimate of drug-likeness (QED) is 0.923. The minimum atomic E-state index is -3.72. The van der Waals surface area contributed by atoms with Gasteiger partial charge in [-0.05, 0) is 49.9 Å². The Bertz CT molecular complexity index is 822. The Hall–Kier alpha value is -1.80. The van der Waals surface area contributed by atoms with Crippen LogP contribution in [0.3, 0.4) is 0 Å². The molecule has 0 saturated heterocycles. The normalized spacial score (nSPS) is 14.7. The van der Waals surface area contributed by atoms with E-state index in [9.17, 15) is 12.8 Å². The van der Waals surface area contributed by atoms with Crippen LogP contribution < -0.4 is 4.72 Å². The van der Waals surface area contributed by atoms with E-state index in [0.717, 1.165) is 31.6 Å². The average molecular weight is 338 g/mol. The van der Waals surface area contributed by atoms with E-state index < -0.39 is 10.0 Å². The highest BCUT2D eigenvalue weighted by molar-refractivity contribution is 7.89. The molecule has 0 radical (unpaired) electrons. The van der Waals surface area contributed by atoms with Crippen LogP contribution in [-0.4, -0.2) is 23.2 Å². The van der Waals surface area contributed by atoms with Crippen LogP contribution in [0.4, 0.5) is 4.39 Å². The molecule has 23 heavy (non-hydrogen) atoms. The first-order valence-corrected chi connectivity index (χ1v) is 9.04. The molecule has 1 aliphatic rings. The zero-order valence-corrected chi connectivity index (χ0v) is 14.0. The molecule has 6 nitrogen and oxygen atoms in total. The van der Waals surface area contributed by atoms with Crippen molar-refractivity contribution in [2.24, 2.45) is 0 Å². The molecular weight excluding hydrogens is 319 g/mol. The van der Waals surface area contributed by atoms with Crippen LogP contribution in [0, 0.1) is 19.7 Å². The van der Waals surface area contributed by atoms with E-state index in [0.29, 0.717) is 17.0 Å². The van der Waals surface area contributed by atoms with E-state index in [1.807, 2.05) is 4.57 Å². The Labute approximate surface area is 134 Å². The fourth-order valence-corrected chi connectivity index (χ4v) is 3.95. The molecule has 1 N–H and O–H groups in total. The highest BCUT2D eigenvalue weighted by Crippen LogP contribution is 2.19. The lowest BCUT2D eigenvalue weighted by Gasteiger charge is -2.15. The summed E-state index contributed by atoms with van der Waals surface area (Å²) < 4.78 is 43.0. The van der Waals surface area contributed by atoms with Crippen LogP contribution in [0.5, 0.6) is 0 Å². The van der Waals surface area contributed by atoms with Gasteiger partial charge >= 0.3 is 0 Å². The zero-order chi connectivity index (χ0) is 16.6. The second-order valence-corrected chi connectivity index (χ2v) is 7.60. The first-order valence-electron chi connectivity index (χ1n) is 7.56. The van der Waals surface area contributed by atoms with Crippen molar-refractivity contribution < 1.29 is 12.8 Å². The van der Waals surface area contributed by atoms with Gasteiger partial charge in [-0.25, -0.2) is 17.5 Å². The molecule has 1 aliphatic heterocycles. The van der Waals surface area contributed by atoms with Gasteiger partial charge in [-0.2, -0.15) is 0 Å². The van der Waals surface area contributed by atoms with Crippen molar-refractivity contribution in [3.05, 3.63) is 40.7 Å². The van der Waals surface area contributed by atoms with Crippen LogP contribution in [0.25, 0.3) is 0 Å². The van der Waals surface area contributed by atoms with Gasteiger partial charge in [0.25, 0.3) is 0 Å². The van der Waals surface area contributed by atoms with Crippen molar-refractivity contribution in [2.75, 3.05) is 0 Å². The molecule has 0 unspecified atom stereocenters. The molecule has 3 rings (SSSR count). The summed E-state index contributed by atoms with van der Waals surface area (Å²) in [4.78, 5) is 0.0623. The SMILES string of the molecule is Cc1cc(S(=O)(=O)NCc2nnc3n2CCCC3)cc(C)c1F. The number of nitrogens with one attached hydrogen (secondary N) is 1. The Balaban J connectivity index is 1.81. The van der Waals surface area contributed by atoms with E-state index in [1.165, 1.54) is 12.1 Å². The average Bonchev–Trinajstić information content (AvgIpc) is 2.93. The zero-order valence-electron chi connectivity index (χ0n) is 13.1. The van der Waals surface area contributed by atoms with Gasteiger partial charge in [-0.15, -0.1) is 10.2 Å². The number of aryl methyl sites for hydroxylation is 3. The molecule has 8 heteroatoms. The first kappa shape index (κ1) is 16.1. The minimum Gasteiger partial charge on any atom is -0.314 e. The van der Waals surface area contributed by atoms with Crippen LogP contribution in [0.2, 0.25) is 0 Å². The van der Waals surface area contributed by atoms with Gasteiger partial charge in [0, 0.05) is 13.0 Å². The smallest absolute Gasteiger partial charge is 0.240 e. The standard InChI is InChI=1S/C15H19FN4O2S/c1-10-7-12(8-11(2)15(10)16)23(21,22)17-9-14-19-18-13-5-3-4-6-20(13)14/h7-8,17H,3-6,9H2,1-2H3. The van der Waals surface area contributed by atoms with Gasteiger partial charge < -0.3 is 4.57 Å². The molecule has 2 heterocycles. The number of halogens is 1. The lowest BCUT2D eigenvalue weighted by Crippen LogP contribution is -2.26. The molecule has 0 amide bonds. The molecule has 0 bridgehead atoms. The number of nitrogens with zero attached hydrogens (tertiary/aromatic N) is 3. The Morgan fingerprint density at radius 1 is 1.22 bits per heavy atom. The minimum absolute atomic E-state index is 0.0623. The maximum absolute atomic E-state index is 13.7. The number of sulfonamides is 1. The van der Waals surface area contributed by atoms with E-state index in [4.69, 9.17) is 0 Å². The summed E-state index contributed by atoms with van der Waals surface area (Å²) in [5.41, 5.74) is 0.621.